The second kappa shape index (κ2) is 9.09. The lowest BCUT2D eigenvalue weighted by Gasteiger charge is -2.15. The minimum Gasteiger partial charge on any atom is -0.346 e. The molecule has 2 rings (SSSR count). The Morgan fingerprint density at radius 1 is 0.852 bits per heavy atom. The number of hydrogen-bond donors (Lipinski definition) is 2. The molecule has 144 valence electrons. The van der Waals surface area contributed by atoms with Gasteiger partial charge in [-0.25, -0.2) is 0 Å². The Bertz CT molecular complexity index is 849. The summed E-state index contributed by atoms with van der Waals surface area (Å²) in [6.07, 6.45) is 0. The van der Waals surface area contributed by atoms with Gasteiger partial charge in [0.2, 0.25) is 11.8 Å². The van der Waals surface area contributed by atoms with E-state index >= 15 is 0 Å². The molecular weight excluding hydrogens is 356 g/mol. The standard InChI is InChI=1S/C22H28N2O2S/c1-13-8-7-9-19(16(13)4)24-20(25)11-23-21(26)12-27-22-17(5)14(2)10-15(3)18(22)6/h7-10H,11-12H2,1-6H3,(H,23,26)(H,24,25). The van der Waals surface area contributed by atoms with E-state index in [-0.39, 0.29) is 18.4 Å². The van der Waals surface area contributed by atoms with Gasteiger partial charge >= 0.3 is 0 Å². The van der Waals surface area contributed by atoms with Crippen LogP contribution in [-0.4, -0.2) is 24.1 Å². The van der Waals surface area contributed by atoms with E-state index in [1.807, 2.05) is 32.0 Å². The number of benzene rings is 2. The van der Waals surface area contributed by atoms with Crippen LogP contribution in [0.25, 0.3) is 0 Å². The van der Waals surface area contributed by atoms with Gasteiger partial charge in [0.15, 0.2) is 0 Å². The van der Waals surface area contributed by atoms with Crippen molar-refractivity contribution in [2.24, 2.45) is 0 Å². The fourth-order valence-electron chi connectivity index (χ4n) is 2.85. The number of amides is 2. The van der Waals surface area contributed by atoms with E-state index in [9.17, 15) is 9.59 Å². The quantitative estimate of drug-likeness (QED) is 0.727. The fourth-order valence-corrected chi connectivity index (χ4v) is 3.98. The first-order valence-corrected chi connectivity index (χ1v) is 10.0. The average Bonchev–Trinajstić information content (AvgIpc) is 2.62. The smallest absolute Gasteiger partial charge is 0.243 e. The lowest BCUT2D eigenvalue weighted by atomic mass is 10.0. The van der Waals surface area contributed by atoms with Crippen LogP contribution in [0.1, 0.15) is 33.4 Å². The molecule has 2 amide bonds. The monoisotopic (exact) mass is 384 g/mol. The first-order chi connectivity index (χ1) is 12.7. The molecule has 5 heteroatoms. The number of thioether (sulfide) groups is 1. The Kier molecular flexibility index (Phi) is 7.08. The van der Waals surface area contributed by atoms with Crippen LogP contribution >= 0.6 is 11.8 Å². The molecule has 2 aromatic carbocycles. The van der Waals surface area contributed by atoms with Crippen LogP contribution in [0, 0.1) is 41.5 Å². The summed E-state index contributed by atoms with van der Waals surface area (Å²) in [5.74, 6) is -0.0729. The molecule has 0 aromatic heterocycles. The molecule has 0 heterocycles. The highest BCUT2D eigenvalue weighted by atomic mass is 32.2. The van der Waals surface area contributed by atoms with Crippen molar-refractivity contribution in [1.29, 1.82) is 0 Å². The van der Waals surface area contributed by atoms with Gasteiger partial charge in [0.1, 0.15) is 0 Å². The molecule has 2 N–H and O–H groups in total. The molecule has 4 nitrogen and oxygen atoms in total. The molecule has 27 heavy (non-hydrogen) atoms. The summed E-state index contributed by atoms with van der Waals surface area (Å²) in [5.41, 5.74) is 7.82. The predicted molar refractivity (Wildman–Crippen MR) is 114 cm³/mol. The molecular formula is C22H28N2O2S. The highest BCUT2D eigenvalue weighted by Gasteiger charge is 2.12. The van der Waals surface area contributed by atoms with Crippen molar-refractivity contribution in [3.05, 3.63) is 57.6 Å². The average molecular weight is 385 g/mol. The summed E-state index contributed by atoms with van der Waals surface area (Å²) in [6.45, 7) is 12.3. The zero-order valence-corrected chi connectivity index (χ0v) is 17.8. The van der Waals surface area contributed by atoms with E-state index < -0.39 is 0 Å². The summed E-state index contributed by atoms with van der Waals surface area (Å²) >= 11 is 1.53. The molecule has 2 aromatic rings. The summed E-state index contributed by atoms with van der Waals surface area (Å²) in [7, 11) is 0. The molecule has 0 fully saturated rings. The van der Waals surface area contributed by atoms with Gasteiger partial charge in [-0.3, -0.25) is 9.59 Å². The van der Waals surface area contributed by atoms with Crippen LogP contribution in [0.2, 0.25) is 0 Å². The van der Waals surface area contributed by atoms with Gasteiger partial charge in [-0.15, -0.1) is 11.8 Å². The third-order valence-corrected chi connectivity index (χ3v) is 6.28. The summed E-state index contributed by atoms with van der Waals surface area (Å²) in [5, 5.41) is 5.56. The van der Waals surface area contributed by atoms with E-state index in [4.69, 9.17) is 0 Å². The van der Waals surface area contributed by atoms with Crippen molar-refractivity contribution in [2.45, 2.75) is 46.4 Å². The maximum Gasteiger partial charge on any atom is 0.243 e. The highest BCUT2D eigenvalue weighted by Crippen LogP contribution is 2.30. The van der Waals surface area contributed by atoms with Gasteiger partial charge in [-0.2, -0.15) is 0 Å². The first-order valence-electron chi connectivity index (χ1n) is 9.03. The zero-order chi connectivity index (χ0) is 20.1. The van der Waals surface area contributed by atoms with Gasteiger partial charge in [-0.05, 0) is 81.0 Å². The summed E-state index contributed by atoms with van der Waals surface area (Å²) in [6, 6.07) is 7.94. The summed E-state index contributed by atoms with van der Waals surface area (Å²) < 4.78 is 0. The van der Waals surface area contributed by atoms with E-state index in [2.05, 4.69) is 44.4 Å². The van der Waals surface area contributed by atoms with Crippen LogP contribution in [-0.2, 0) is 9.59 Å². The van der Waals surface area contributed by atoms with E-state index in [0.29, 0.717) is 5.75 Å². The molecule has 0 unspecified atom stereocenters. The van der Waals surface area contributed by atoms with Crippen molar-refractivity contribution in [3.63, 3.8) is 0 Å². The fraction of sp³-hybridized carbons (Fsp3) is 0.364. The molecule has 0 saturated heterocycles. The van der Waals surface area contributed by atoms with E-state index in [1.165, 1.54) is 34.0 Å². The van der Waals surface area contributed by atoms with Gasteiger partial charge < -0.3 is 10.6 Å². The molecule has 0 aliphatic carbocycles. The molecule has 0 radical (unpaired) electrons. The van der Waals surface area contributed by atoms with Crippen LogP contribution in [0.4, 0.5) is 5.69 Å². The van der Waals surface area contributed by atoms with Crippen LogP contribution in [0.3, 0.4) is 0 Å². The van der Waals surface area contributed by atoms with Crippen molar-refractivity contribution in [3.8, 4) is 0 Å². The van der Waals surface area contributed by atoms with Crippen LogP contribution < -0.4 is 10.6 Å². The Morgan fingerprint density at radius 3 is 2.11 bits per heavy atom. The van der Waals surface area contributed by atoms with Gasteiger partial charge in [0, 0.05) is 10.6 Å². The highest BCUT2D eigenvalue weighted by molar-refractivity contribution is 8.00. The van der Waals surface area contributed by atoms with Crippen molar-refractivity contribution in [1.82, 2.24) is 5.32 Å². The zero-order valence-electron chi connectivity index (χ0n) is 16.9. The Balaban J connectivity index is 1.88. The number of rotatable bonds is 6. The van der Waals surface area contributed by atoms with Crippen molar-refractivity contribution in [2.75, 3.05) is 17.6 Å². The van der Waals surface area contributed by atoms with Gasteiger partial charge in [0.25, 0.3) is 0 Å². The number of nitrogens with one attached hydrogen (secondary N) is 2. The van der Waals surface area contributed by atoms with E-state index in [1.54, 1.807) is 0 Å². The lowest BCUT2D eigenvalue weighted by molar-refractivity contribution is -0.122. The molecule has 0 atom stereocenters. The summed E-state index contributed by atoms with van der Waals surface area (Å²) in [4.78, 5) is 25.4. The SMILES string of the molecule is Cc1cccc(NC(=O)CNC(=O)CSc2c(C)c(C)cc(C)c2C)c1C. The van der Waals surface area contributed by atoms with Crippen molar-refractivity contribution >= 4 is 29.3 Å². The number of hydrogen-bond acceptors (Lipinski definition) is 3. The molecule has 0 spiro atoms. The second-order valence-corrected chi connectivity index (χ2v) is 7.94. The maximum absolute atomic E-state index is 12.2. The number of anilines is 1. The van der Waals surface area contributed by atoms with Gasteiger partial charge in [-0.1, -0.05) is 18.2 Å². The van der Waals surface area contributed by atoms with Crippen LogP contribution in [0.5, 0.6) is 0 Å². The predicted octanol–water partition coefficient (Wildman–Crippen LogP) is 4.38. The Morgan fingerprint density at radius 2 is 1.48 bits per heavy atom. The molecule has 0 aliphatic heterocycles. The third kappa shape index (κ3) is 5.36. The lowest BCUT2D eigenvalue weighted by Crippen LogP contribution is -2.34. The number of carbonyl (C=O) groups excluding carboxylic acids is 2. The number of aryl methyl sites for hydroxylation is 3. The largest absolute Gasteiger partial charge is 0.346 e. The molecule has 0 aliphatic rings. The number of carbonyl (C=O) groups is 2. The van der Waals surface area contributed by atoms with Crippen LogP contribution in [0.15, 0.2) is 29.2 Å². The maximum atomic E-state index is 12.2. The van der Waals surface area contributed by atoms with E-state index in [0.717, 1.165) is 21.7 Å². The molecule has 0 bridgehead atoms. The second-order valence-electron chi connectivity index (χ2n) is 6.95. The first kappa shape index (κ1) is 21.0. The topological polar surface area (TPSA) is 58.2 Å². The van der Waals surface area contributed by atoms with Gasteiger partial charge in [0.05, 0.1) is 12.3 Å². The minimum absolute atomic E-state index is 0.0302. The molecule has 0 saturated carbocycles. The Hall–Kier alpha value is -2.27. The minimum atomic E-state index is -0.221. The normalized spacial score (nSPS) is 10.6. The van der Waals surface area contributed by atoms with Crippen molar-refractivity contribution < 1.29 is 9.59 Å². The third-order valence-electron chi connectivity index (χ3n) is 4.97. The Labute approximate surface area is 166 Å².